The number of hydrogen-bond acceptors (Lipinski definition) is 3. The van der Waals surface area contributed by atoms with Crippen LogP contribution in [0.1, 0.15) is 38.7 Å². The Hall–Kier alpha value is -1.26. The Morgan fingerprint density at radius 1 is 1.48 bits per heavy atom. The molecule has 2 N–H and O–H groups in total. The molecule has 1 aromatic rings. The fourth-order valence-corrected chi connectivity index (χ4v) is 2.18. The molecule has 0 radical (unpaired) electrons. The van der Waals surface area contributed by atoms with Gasteiger partial charge >= 0.3 is 0 Å². The maximum atomic E-state index is 11.8. The van der Waals surface area contributed by atoms with Crippen LogP contribution in [0.15, 0.2) is 18.2 Å². The maximum absolute atomic E-state index is 11.8. The maximum Gasteiger partial charge on any atom is 0.260 e. The molecule has 1 saturated carbocycles. The number of ether oxygens (including phenoxy) is 1. The Kier molecular flexibility index (Phi) is 5.88. The Balaban J connectivity index is 1.88. The summed E-state index contributed by atoms with van der Waals surface area (Å²) < 4.78 is 5.63. The molecular weight excluding hydrogens is 288 g/mol. The molecule has 0 heterocycles. The standard InChI is InChI=1S/C16H23ClN2O2/c1-3-8-18-16(20)11(2)21-15-7-4-12(9-14(15)17)10-19-13-5-6-13/h4,7,9,11,13,19H,3,5-6,8,10H2,1-2H3,(H,18,20). The third-order valence-corrected chi connectivity index (χ3v) is 3.69. The summed E-state index contributed by atoms with van der Waals surface area (Å²) in [4.78, 5) is 11.8. The van der Waals surface area contributed by atoms with E-state index in [-0.39, 0.29) is 5.91 Å². The summed E-state index contributed by atoms with van der Waals surface area (Å²) in [5.74, 6) is 0.429. The molecule has 116 valence electrons. The van der Waals surface area contributed by atoms with Crippen molar-refractivity contribution in [3.05, 3.63) is 28.8 Å². The Morgan fingerprint density at radius 2 is 2.24 bits per heavy atom. The average Bonchev–Trinajstić information content (AvgIpc) is 3.29. The van der Waals surface area contributed by atoms with Crippen LogP contribution in [0, 0.1) is 0 Å². The van der Waals surface area contributed by atoms with Crippen molar-refractivity contribution in [1.29, 1.82) is 0 Å². The van der Waals surface area contributed by atoms with Gasteiger partial charge in [-0.2, -0.15) is 0 Å². The van der Waals surface area contributed by atoms with Crippen LogP contribution in [0.3, 0.4) is 0 Å². The summed E-state index contributed by atoms with van der Waals surface area (Å²) in [5.41, 5.74) is 1.13. The van der Waals surface area contributed by atoms with E-state index in [1.807, 2.05) is 25.1 Å². The van der Waals surface area contributed by atoms with E-state index in [0.717, 1.165) is 18.5 Å². The highest BCUT2D eigenvalue weighted by molar-refractivity contribution is 6.32. The van der Waals surface area contributed by atoms with Gasteiger partial charge in [-0.1, -0.05) is 24.6 Å². The second-order valence-corrected chi connectivity index (χ2v) is 5.88. The normalized spacial score (nSPS) is 15.6. The number of amides is 1. The van der Waals surface area contributed by atoms with Gasteiger partial charge in [-0.25, -0.2) is 0 Å². The molecule has 0 bridgehead atoms. The first-order valence-corrected chi connectivity index (χ1v) is 7.94. The zero-order chi connectivity index (χ0) is 15.2. The Bertz CT molecular complexity index is 489. The first kappa shape index (κ1) is 16.1. The van der Waals surface area contributed by atoms with E-state index in [0.29, 0.717) is 23.4 Å². The zero-order valence-electron chi connectivity index (χ0n) is 12.6. The summed E-state index contributed by atoms with van der Waals surface area (Å²) in [5, 5.41) is 6.79. The molecule has 1 atom stereocenters. The number of hydrogen-bond donors (Lipinski definition) is 2. The Labute approximate surface area is 131 Å². The molecule has 0 spiro atoms. The minimum atomic E-state index is -0.551. The molecule has 1 aromatic carbocycles. The van der Waals surface area contributed by atoms with Gasteiger partial charge in [-0.3, -0.25) is 4.79 Å². The predicted octanol–water partition coefficient (Wildman–Crippen LogP) is 2.89. The van der Waals surface area contributed by atoms with Crippen molar-refractivity contribution in [2.24, 2.45) is 0 Å². The van der Waals surface area contributed by atoms with E-state index >= 15 is 0 Å². The molecule has 1 aliphatic rings. The monoisotopic (exact) mass is 310 g/mol. The second-order valence-electron chi connectivity index (χ2n) is 5.47. The van der Waals surface area contributed by atoms with Gasteiger partial charge in [-0.05, 0) is 43.9 Å². The fraction of sp³-hybridized carbons (Fsp3) is 0.562. The van der Waals surface area contributed by atoms with E-state index < -0.39 is 6.10 Å². The lowest BCUT2D eigenvalue weighted by Crippen LogP contribution is -2.36. The van der Waals surface area contributed by atoms with Gasteiger partial charge in [0.25, 0.3) is 5.91 Å². The Morgan fingerprint density at radius 3 is 2.86 bits per heavy atom. The summed E-state index contributed by atoms with van der Waals surface area (Å²) in [6, 6.07) is 6.37. The van der Waals surface area contributed by atoms with Crippen LogP contribution in [0.25, 0.3) is 0 Å². The molecule has 1 unspecified atom stereocenters. The third-order valence-electron chi connectivity index (χ3n) is 3.39. The molecule has 4 nitrogen and oxygen atoms in total. The molecule has 21 heavy (non-hydrogen) atoms. The van der Waals surface area contributed by atoms with E-state index in [1.54, 1.807) is 6.92 Å². The molecule has 0 aliphatic heterocycles. The van der Waals surface area contributed by atoms with Gasteiger partial charge < -0.3 is 15.4 Å². The van der Waals surface area contributed by atoms with Gasteiger partial charge in [0.1, 0.15) is 5.75 Å². The highest BCUT2D eigenvalue weighted by atomic mass is 35.5. The molecule has 1 amide bonds. The van der Waals surface area contributed by atoms with Crippen molar-refractivity contribution in [1.82, 2.24) is 10.6 Å². The first-order chi connectivity index (χ1) is 10.1. The van der Waals surface area contributed by atoms with E-state index in [2.05, 4.69) is 10.6 Å². The highest BCUT2D eigenvalue weighted by Gasteiger charge is 2.20. The minimum absolute atomic E-state index is 0.118. The van der Waals surface area contributed by atoms with Crippen LogP contribution >= 0.6 is 11.6 Å². The SMILES string of the molecule is CCCNC(=O)C(C)Oc1ccc(CNC2CC2)cc1Cl. The third kappa shape index (κ3) is 5.21. The lowest BCUT2D eigenvalue weighted by atomic mass is 10.2. The van der Waals surface area contributed by atoms with Crippen molar-refractivity contribution >= 4 is 17.5 Å². The molecule has 0 saturated heterocycles. The molecular formula is C16H23ClN2O2. The van der Waals surface area contributed by atoms with Crippen LogP contribution in [-0.2, 0) is 11.3 Å². The largest absolute Gasteiger partial charge is 0.479 e. The smallest absolute Gasteiger partial charge is 0.260 e. The summed E-state index contributed by atoms with van der Waals surface area (Å²) >= 11 is 6.23. The van der Waals surface area contributed by atoms with Gasteiger partial charge in [0.2, 0.25) is 0 Å². The lowest BCUT2D eigenvalue weighted by Gasteiger charge is -2.16. The first-order valence-electron chi connectivity index (χ1n) is 7.56. The van der Waals surface area contributed by atoms with Crippen LogP contribution in [0.5, 0.6) is 5.75 Å². The number of nitrogens with one attached hydrogen (secondary N) is 2. The summed E-state index contributed by atoms with van der Waals surface area (Å²) in [7, 11) is 0. The number of carbonyl (C=O) groups excluding carboxylic acids is 1. The predicted molar refractivity (Wildman–Crippen MR) is 84.7 cm³/mol. The van der Waals surface area contributed by atoms with Crippen molar-refractivity contribution in [3.63, 3.8) is 0 Å². The average molecular weight is 311 g/mol. The topological polar surface area (TPSA) is 50.4 Å². The molecule has 0 aromatic heterocycles. The molecule has 2 rings (SSSR count). The highest BCUT2D eigenvalue weighted by Crippen LogP contribution is 2.27. The molecule has 1 aliphatic carbocycles. The van der Waals surface area contributed by atoms with Gasteiger partial charge in [0.05, 0.1) is 5.02 Å². The fourth-order valence-electron chi connectivity index (χ4n) is 1.94. The number of rotatable bonds is 8. The number of benzene rings is 1. The summed E-state index contributed by atoms with van der Waals surface area (Å²) in [6.45, 7) is 5.21. The van der Waals surface area contributed by atoms with Gasteiger partial charge in [-0.15, -0.1) is 0 Å². The quantitative estimate of drug-likeness (QED) is 0.776. The van der Waals surface area contributed by atoms with Gasteiger partial charge in [0, 0.05) is 19.1 Å². The second kappa shape index (κ2) is 7.66. The van der Waals surface area contributed by atoms with Crippen LogP contribution in [-0.4, -0.2) is 24.6 Å². The molecule has 5 heteroatoms. The minimum Gasteiger partial charge on any atom is -0.479 e. The van der Waals surface area contributed by atoms with Crippen molar-refractivity contribution < 1.29 is 9.53 Å². The van der Waals surface area contributed by atoms with Gasteiger partial charge in [0.15, 0.2) is 6.10 Å². The van der Waals surface area contributed by atoms with Crippen LogP contribution in [0.4, 0.5) is 0 Å². The summed E-state index contributed by atoms with van der Waals surface area (Å²) in [6.07, 6.45) is 2.88. The number of carbonyl (C=O) groups is 1. The lowest BCUT2D eigenvalue weighted by molar-refractivity contribution is -0.127. The molecule has 1 fully saturated rings. The zero-order valence-corrected chi connectivity index (χ0v) is 13.4. The van der Waals surface area contributed by atoms with Crippen LogP contribution in [0.2, 0.25) is 5.02 Å². The van der Waals surface area contributed by atoms with E-state index in [9.17, 15) is 4.79 Å². The van der Waals surface area contributed by atoms with E-state index in [4.69, 9.17) is 16.3 Å². The van der Waals surface area contributed by atoms with Crippen molar-refractivity contribution in [2.45, 2.75) is 51.8 Å². The van der Waals surface area contributed by atoms with Crippen molar-refractivity contribution in [2.75, 3.05) is 6.54 Å². The van der Waals surface area contributed by atoms with Crippen LogP contribution < -0.4 is 15.4 Å². The number of halogens is 1. The van der Waals surface area contributed by atoms with E-state index in [1.165, 1.54) is 12.8 Å². The van der Waals surface area contributed by atoms with Crippen molar-refractivity contribution in [3.8, 4) is 5.75 Å².